The highest BCUT2D eigenvalue weighted by Gasteiger charge is 2.42. The standard InChI is InChI=1S/C36H36O5P2S/c1-30-24-26-36(27-25-30)44(39,40)41-28-14-23-35(43(38,33-19-10-4-11-20-33)34-21-12-5-13-22-34)29-42(37,31-15-6-2-7-16-31)32-17-8-3-9-18-32/h2-13,15-22,24-27,35H,14,23,28-29H2,1H3. The molecular formula is C36H36O5P2S. The Hall–Kier alpha value is -3.53. The first kappa shape index (κ1) is 31.9. The molecule has 5 nitrogen and oxygen atoms in total. The largest absolute Gasteiger partial charge is 0.314 e. The zero-order chi connectivity index (χ0) is 31.0. The lowest BCUT2D eigenvalue weighted by atomic mass is 10.2. The Labute approximate surface area is 260 Å². The minimum atomic E-state index is -3.96. The third-order valence-corrected chi connectivity index (χ3v) is 16.3. The molecule has 0 aliphatic carbocycles. The molecule has 0 N–H and O–H groups in total. The van der Waals surface area contributed by atoms with Crippen molar-refractivity contribution in [3.05, 3.63) is 151 Å². The molecule has 0 amide bonds. The zero-order valence-corrected chi connectivity index (χ0v) is 27.2. The number of rotatable bonds is 13. The lowest BCUT2D eigenvalue weighted by Crippen LogP contribution is -2.32. The molecule has 0 aliphatic heterocycles. The van der Waals surface area contributed by atoms with Crippen LogP contribution in [0.4, 0.5) is 0 Å². The van der Waals surface area contributed by atoms with E-state index in [4.69, 9.17) is 4.18 Å². The molecular weight excluding hydrogens is 606 g/mol. The quantitative estimate of drug-likeness (QED) is 0.0796. The highest BCUT2D eigenvalue weighted by Crippen LogP contribution is 2.57. The fourth-order valence-electron chi connectivity index (χ4n) is 5.51. The number of aryl methyl sites for hydroxylation is 1. The van der Waals surface area contributed by atoms with Gasteiger partial charge in [0.25, 0.3) is 10.1 Å². The molecule has 0 fully saturated rings. The van der Waals surface area contributed by atoms with E-state index in [-0.39, 0.29) is 17.7 Å². The third kappa shape index (κ3) is 7.06. The molecule has 5 aromatic carbocycles. The molecule has 0 bridgehead atoms. The molecule has 8 heteroatoms. The highest BCUT2D eigenvalue weighted by molar-refractivity contribution is 7.86. The van der Waals surface area contributed by atoms with Crippen molar-refractivity contribution >= 4 is 45.6 Å². The summed E-state index contributed by atoms with van der Waals surface area (Å²) in [6.07, 6.45) is 0.796. The van der Waals surface area contributed by atoms with Crippen LogP contribution >= 0.6 is 14.3 Å². The van der Waals surface area contributed by atoms with E-state index in [0.29, 0.717) is 34.1 Å². The summed E-state index contributed by atoms with van der Waals surface area (Å²) in [5.41, 5.74) is 0.384. The number of benzene rings is 5. The SMILES string of the molecule is Cc1ccc(S(=O)(=O)OCCCC(CP(=O)(c2ccccc2)c2ccccc2)P(=O)(c2ccccc2)c2ccccc2)cc1. The van der Waals surface area contributed by atoms with Crippen molar-refractivity contribution in [2.24, 2.45) is 0 Å². The summed E-state index contributed by atoms with van der Waals surface area (Å²) in [5.74, 6) is 0. The van der Waals surface area contributed by atoms with E-state index in [1.165, 1.54) is 12.1 Å². The Morgan fingerprint density at radius 1 is 0.591 bits per heavy atom. The van der Waals surface area contributed by atoms with Crippen LogP contribution < -0.4 is 21.2 Å². The Kier molecular flexibility index (Phi) is 10.2. The lowest BCUT2D eigenvalue weighted by Gasteiger charge is -2.32. The van der Waals surface area contributed by atoms with E-state index < -0.39 is 30.1 Å². The summed E-state index contributed by atoms with van der Waals surface area (Å²) >= 11 is 0. The maximum absolute atomic E-state index is 15.6. The van der Waals surface area contributed by atoms with Crippen LogP contribution in [0.1, 0.15) is 18.4 Å². The average molecular weight is 643 g/mol. The molecule has 0 radical (unpaired) electrons. The molecule has 0 aromatic heterocycles. The van der Waals surface area contributed by atoms with Crippen LogP contribution in [0.15, 0.2) is 150 Å². The van der Waals surface area contributed by atoms with Crippen molar-refractivity contribution in [3.8, 4) is 0 Å². The van der Waals surface area contributed by atoms with Gasteiger partial charge in [-0.05, 0) is 31.9 Å². The van der Waals surface area contributed by atoms with E-state index in [1.54, 1.807) is 12.1 Å². The summed E-state index contributed by atoms with van der Waals surface area (Å²) in [6.45, 7) is 1.80. The second kappa shape index (κ2) is 14.1. The predicted octanol–water partition coefficient (Wildman–Crippen LogP) is 6.88. The molecule has 0 spiro atoms. The van der Waals surface area contributed by atoms with Gasteiger partial charge in [-0.15, -0.1) is 0 Å². The van der Waals surface area contributed by atoms with Gasteiger partial charge in [-0.3, -0.25) is 4.18 Å². The number of hydrogen-bond acceptors (Lipinski definition) is 5. The van der Waals surface area contributed by atoms with E-state index in [1.807, 2.05) is 128 Å². The third-order valence-electron chi connectivity index (χ3n) is 7.84. The smallest absolute Gasteiger partial charge is 0.296 e. The van der Waals surface area contributed by atoms with Gasteiger partial charge in [0.15, 0.2) is 0 Å². The molecule has 0 heterocycles. The highest BCUT2D eigenvalue weighted by atomic mass is 32.2. The summed E-state index contributed by atoms with van der Waals surface area (Å²) in [7, 11) is -10.6. The maximum atomic E-state index is 15.6. The molecule has 0 aliphatic rings. The van der Waals surface area contributed by atoms with E-state index in [0.717, 1.165) is 5.56 Å². The second-order valence-corrected chi connectivity index (χ2v) is 18.4. The topological polar surface area (TPSA) is 77.5 Å². The van der Waals surface area contributed by atoms with Gasteiger partial charge in [0.2, 0.25) is 0 Å². The van der Waals surface area contributed by atoms with E-state index >= 15 is 9.13 Å². The van der Waals surface area contributed by atoms with E-state index in [2.05, 4.69) is 0 Å². The monoisotopic (exact) mass is 642 g/mol. The Bertz CT molecular complexity index is 1760. The van der Waals surface area contributed by atoms with Gasteiger partial charge in [-0.2, -0.15) is 8.42 Å². The van der Waals surface area contributed by atoms with Crippen LogP contribution in [0, 0.1) is 6.92 Å². The molecule has 0 saturated heterocycles. The van der Waals surface area contributed by atoms with Crippen molar-refractivity contribution in [1.82, 2.24) is 0 Å². The van der Waals surface area contributed by atoms with Crippen molar-refractivity contribution in [2.75, 3.05) is 12.8 Å². The Morgan fingerprint density at radius 2 is 1.00 bits per heavy atom. The van der Waals surface area contributed by atoms with Crippen molar-refractivity contribution in [3.63, 3.8) is 0 Å². The first-order valence-corrected chi connectivity index (χ1v) is 19.7. The van der Waals surface area contributed by atoms with Crippen LogP contribution in [0.3, 0.4) is 0 Å². The molecule has 0 saturated carbocycles. The normalized spacial score (nSPS) is 12.9. The lowest BCUT2D eigenvalue weighted by molar-refractivity contribution is 0.308. The predicted molar refractivity (Wildman–Crippen MR) is 182 cm³/mol. The number of hydrogen-bond donors (Lipinski definition) is 0. The van der Waals surface area contributed by atoms with Crippen LogP contribution in [-0.2, 0) is 23.4 Å². The van der Waals surface area contributed by atoms with Crippen LogP contribution in [0.25, 0.3) is 0 Å². The van der Waals surface area contributed by atoms with Gasteiger partial charge in [0, 0.05) is 33.0 Å². The Balaban J connectivity index is 1.54. The van der Waals surface area contributed by atoms with E-state index in [9.17, 15) is 8.42 Å². The molecule has 1 unspecified atom stereocenters. The molecule has 5 rings (SSSR count). The molecule has 226 valence electrons. The van der Waals surface area contributed by atoms with Gasteiger partial charge in [-0.1, -0.05) is 139 Å². The second-order valence-electron chi connectivity index (χ2n) is 10.8. The molecule has 5 aromatic rings. The van der Waals surface area contributed by atoms with Gasteiger partial charge in [0.1, 0.15) is 14.3 Å². The van der Waals surface area contributed by atoms with Crippen molar-refractivity contribution < 1.29 is 21.7 Å². The fraction of sp³-hybridized carbons (Fsp3) is 0.167. The summed E-state index contributed by atoms with van der Waals surface area (Å²) in [5, 5.41) is 2.75. The Morgan fingerprint density at radius 3 is 1.43 bits per heavy atom. The average Bonchev–Trinajstić information content (AvgIpc) is 3.07. The minimum absolute atomic E-state index is 0.0860. The van der Waals surface area contributed by atoms with Crippen molar-refractivity contribution in [2.45, 2.75) is 30.3 Å². The van der Waals surface area contributed by atoms with Gasteiger partial charge in [-0.25, -0.2) is 0 Å². The first-order chi connectivity index (χ1) is 21.2. The van der Waals surface area contributed by atoms with Gasteiger partial charge < -0.3 is 9.13 Å². The first-order valence-electron chi connectivity index (χ1n) is 14.6. The summed E-state index contributed by atoms with van der Waals surface area (Å²) in [6, 6.07) is 44.0. The fourth-order valence-corrected chi connectivity index (χ4v) is 13.8. The zero-order valence-electron chi connectivity index (χ0n) is 24.6. The van der Waals surface area contributed by atoms with Gasteiger partial charge in [0.05, 0.1) is 11.5 Å². The van der Waals surface area contributed by atoms with Gasteiger partial charge >= 0.3 is 0 Å². The summed E-state index contributed by atoms with van der Waals surface area (Å²) in [4.78, 5) is 0.0940. The van der Waals surface area contributed by atoms with Crippen LogP contribution in [0.5, 0.6) is 0 Å². The molecule has 44 heavy (non-hydrogen) atoms. The summed E-state index contributed by atoms with van der Waals surface area (Å²) < 4.78 is 62.2. The maximum Gasteiger partial charge on any atom is 0.296 e. The van der Waals surface area contributed by atoms with Crippen molar-refractivity contribution in [1.29, 1.82) is 0 Å². The molecule has 1 atom stereocenters. The minimum Gasteiger partial charge on any atom is -0.314 e. The van der Waals surface area contributed by atoms with Crippen LogP contribution in [0.2, 0.25) is 0 Å². The van der Waals surface area contributed by atoms with Crippen LogP contribution in [-0.4, -0.2) is 26.8 Å².